The fraction of sp³-hybridized carbons (Fsp3) is 0.0833. The molecule has 2 aliphatic rings. The Bertz CT molecular complexity index is 1280. The molecule has 3 amide bonds. The topological polar surface area (TPSA) is 111 Å². The third-order valence-electron chi connectivity index (χ3n) is 5.12. The summed E-state index contributed by atoms with van der Waals surface area (Å²) in [5.74, 6) is -1.16. The van der Waals surface area contributed by atoms with Gasteiger partial charge in [0.25, 0.3) is 17.7 Å². The number of benzene rings is 3. The molecule has 0 fully saturated rings. The highest BCUT2D eigenvalue weighted by Gasteiger charge is 2.36. The number of ether oxygens (including phenoxy) is 3. The standard InChI is InChI=1S/C24H16N2O7/c27-21(25-15-8-9-19-20(11-15)33-13-32-19)12-31-24(30)14-4-3-5-16(10-14)26-22(28)17-6-1-2-7-18(17)23(26)29/h1-11H,12-13H2,(H,25,27). The molecule has 0 spiro atoms. The lowest BCUT2D eigenvalue weighted by atomic mass is 10.1. The summed E-state index contributed by atoms with van der Waals surface area (Å²) in [5.41, 5.74) is 1.40. The molecule has 0 radical (unpaired) electrons. The van der Waals surface area contributed by atoms with E-state index in [1.165, 1.54) is 18.2 Å². The molecule has 9 nitrogen and oxygen atoms in total. The predicted molar refractivity (Wildman–Crippen MR) is 116 cm³/mol. The van der Waals surface area contributed by atoms with E-state index < -0.39 is 30.3 Å². The third kappa shape index (κ3) is 3.76. The van der Waals surface area contributed by atoms with Gasteiger partial charge in [0.2, 0.25) is 6.79 Å². The van der Waals surface area contributed by atoms with E-state index in [1.807, 2.05) is 0 Å². The molecular weight excluding hydrogens is 428 g/mol. The van der Waals surface area contributed by atoms with E-state index in [0.717, 1.165) is 4.90 Å². The Labute approximate surface area is 187 Å². The second-order valence-electron chi connectivity index (χ2n) is 7.23. The molecule has 2 heterocycles. The molecule has 2 aliphatic heterocycles. The second kappa shape index (κ2) is 8.12. The van der Waals surface area contributed by atoms with Crippen molar-refractivity contribution in [1.29, 1.82) is 0 Å². The summed E-state index contributed by atoms with van der Waals surface area (Å²) in [6, 6.07) is 17.3. The Morgan fingerprint density at radius 1 is 0.879 bits per heavy atom. The summed E-state index contributed by atoms with van der Waals surface area (Å²) >= 11 is 0. The molecule has 0 saturated heterocycles. The van der Waals surface area contributed by atoms with Crippen LogP contribution in [0.25, 0.3) is 0 Å². The van der Waals surface area contributed by atoms with Gasteiger partial charge in [-0.15, -0.1) is 0 Å². The van der Waals surface area contributed by atoms with E-state index in [9.17, 15) is 19.2 Å². The van der Waals surface area contributed by atoms with E-state index in [4.69, 9.17) is 14.2 Å². The molecule has 9 heteroatoms. The van der Waals surface area contributed by atoms with Gasteiger partial charge in [0.1, 0.15) is 0 Å². The normalized spacial score (nSPS) is 13.6. The molecule has 1 N–H and O–H groups in total. The van der Waals surface area contributed by atoms with Crippen molar-refractivity contribution in [2.75, 3.05) is 23.6 Å². The molecule has 5 rings (SSSR count). The van der Waals surface area contributed by atoms with Crippen LogP contribution in [0.1, 0.15) is 31.1 Å². The quantitative estimate of drug-likeness (QED) is 0.476. The van der Waals surface area contributed by atoms with Gasteiger partial charge in [-0.1, -0.05) is 18.2 Å². The van der Waals surface area contributed by atoms with Crippen LogP contribution in [-0.4, -0.2) is 37.1 Å². The van der Waals surface area contributed by atoms with Crippen LogP contribution in [0, 0.1) is 0 Å². The van der Waals surface area contributed by atoms with Gasteiger partial charge in [0.15, 0.2) is 18.1 Å². The SMILES string of the molecule is O=C(COC(=O)c1cccc(N2C(=O)c3ccccc3C2=O)c1)Nc1ccc2c(c1)OCO2. The molecule has 0 atom stereocenters. The van der Waals surface area contributed by atoms with Gasteiger partial charge in [0.05, 0.1) is 22.4 Å². The van der Waals surface area contributed by atoms with Gasteiger partial charge >= 0.3 is 5.97 Å². The van der Waals surface area contributed by atoms with Crippen molar-refractivity contribution in [3.05, 3.63) is 83.4 Å². The van der Waals surface area contributed by atoms with Crippen molar-refractivity contribution in [3.63, 3.8) is 0 Å². The van der Waals surface area contributed by atoms with Crippen LogP contribution < -0.4 is 19.7 Å². The highest BCUT2D eigenvalue weighted by molar-refractivity contribution is 6.34. The Kier molecular flexibility index (Phi) is 4.98. The molecule has 0 saturated carbocycles. The van der Waals surface area contributed by atoms with E-state index >= 15 is 0 Å². The highest BCUT2D eigenvalue weighted by Crippen LogP contribution is 2.34. The largest absolute Gasteiger partial charge is 0.454 e. The molecule has 164 valence electrons. The number of hydrogen-bond donors (Lipinski definition) is 1. The first kappa shape index (κ1) is 20.3. The first-order chi connectivity index (χ1) is 16.0. The van der Waals surface area contributed by atoms with Crippen LogP contribution in [0.2, 0.25) is 0 Å². The number of nitrogens with zero attached hydrogens (tertiary/aromatic N) is 1. The average Bonchev–Trinajstić information content (AvgIpc) is 3.40. The van der Waals surface area contributed by atoms with Crippen molar-refractivity contribution < 1.29 is 33.4 Å². The molecule has 33 heavy (non-hydrogen) atoms. The summed E-state index contributed by atoms with van der Waals surface area (Å²) in [5, 5.41) is 2.61. The summed E-state index contributed by atoms with van der Waals surface area (Å²) in [4.78, 5) is 51.0. The van der Waals surface area contributed by atoms with Gasteiger partial charge in [0, 0.05) is 11.8 Å². The van der Waals surface area contributed by atoms with E-state index in [2.05, 4.69) is 5.32 Å². The lowest BCUT2D eigenvalue weighted by molar-refractivity contribution is -0.119. The van der Waals surface area contributed by atoms with Crippen molar-refractivity contribution in [3.8, 4) is 11.5 Å². The number of imide groups is 1. The van der Waals surface area contributed by atoms with E-state index in [-0.39, 0.29) is 18.0 Å². The zero-order valence-electron chi connectivity index (χ0n) is 17.1. The smallest absolute Gasteiger partial charge is 0.338 e. The minimum absolute atomic E-state index is 0.0972. The monoisotopic (exact) mass is 444 g/mol. The molecule has 3 aromatic carbocycles. The third-order valence-corrected chi connectivity index (χ3v) is 5.12. The van der Waals surface area contributed by atoms with Crippen molar-refractivity contribution >= 4 is 35.1 Å². The van der Waals surface area contributed by atoms with Crippen molar-refractivity contribution in [1.82, 2.24) is 0 Å². The lowest BCUT2D eigenvalue weighted by Gasteiger charge is -2.15. The van der Waals surface area contributed by atoms with Gasteiger partial charge in [-0.2, -0.15) is 0 Å². The van der Waals surface area contributed by atoms with E-state index in [0.29, 0.717) is 28.3 Å². The number of carbonyl (C=O) groups excluding carboxylic acids is 4. The summed E-state index contributed by atoms with van der Waals surface area (Å²) < 4.78 is 15.6. The number of carbonyl (C=O) groups is 4. The highest BCUT2D eigenvalue weighted by atomic mass is 16.7. The fourth-order valence-corrected chi connectivity index (χ4v) is 3.58. The second-order valence-corrected chi connectivity index (χ2v) is 7.23. The van der Waals surface area contributed by atoms with Crippen LogP contribution in [0.5, 0.6) is 11.5 Å². The molecule has 0 bridgehead atoms. The number of fused-ring (bicyclic) bond motifs is 2. The van der Waals surface area contributed by atoms with Crippen LogP contribution in [-0.2, 0) is 9.53 Å². The first-order valence-corrected chi connectivity index (χ1v) is 9.96. The molecule has 0 aliphatic carbocycles. The number of esters is 1. The Morgan fingerprint density at radius 3 is 2.36 bits per heavy atom. The maximum absolute atomic E-state index is 12.7. The number of hydrogen-bond acceptors (Lipinski definition) is 7. The maximum Gasteiger partial charge on any atom is 0.338 e. The molecule has 3 aromatic rings. The number of nitrogens with one attached hydrogen (secondary N) is 1. The minimum Gasteiger partial charge on any atom is -0.454 e. The van der Waals surface area contributed by atoms with Gasteiger partial charge < -0.3 is 19.5 Å². The summed E-state index contributed by atoms with van der Waals surface area (Å²) in [6.45, 7) is -0.408. The fourth-order valence-electron chi connectivity index (χ4n) is 3.58. The number of anilines is 2. The Hall–Kier alpha value is -4.66. The Balaban J connectivity index is 1.24. The van der Waals surface area contributed by atoms with Crippen LogP contribution >= 0.6 is 0 Å². The minimum atomic E-state index is -0.769. The Morgan fingerprint density at radius 2 is 1.61 bits per heavy atom. The number of amides is 3. The molecule has 0 unspecified atom stereocenters. The summed E-state index contributed by atoms with van der Waals surface area (Å²) in [7, 11) is 0. The van der Waals surface area contributed by atoms with Gasteiger partial charge in [-0.05, 0) is 42.5 Å². The summed E-state index contributed by atoms with van der Waals surface area (Å²) in [6.07, 6.45) is 0. The van der Waals surface area contributed by atoms with E-state index in [1.54, 1.807) is 48.5 Å². The zero-order chi connectivity index (χ0) is 22.9. The lowest BCUT2D eigenvalue weighted by Crippen LogP contribution is -2.29. The number of rotatable bonds is 5. The van der Waals surface area contributed by atoms with Crippen LogP contribution in [0.3, 0.4) is 0 Å². The molecular formula is C24H16N2O7. The predicted octanol–water partition coefficient (Wildman–Crippen LogP) is 3.01. The average molecular weight is 444 g/mol. The maximum atomic E-state index is 12.7. The van der Waals surface area contributed by atoms with Gasteiger partial charge in [-0.25, -0.2) is 9.69 Å². The first-order valence-electron chi connectivity index (χ1n) is 9.96. The van der Waals surface area contributed by atoms with Gasteiger partial charge in [-0.3, -0.25) is 14.4 Å². The van der Waals surface area contributed by atoms with Crippen molar-refractivity contribution in [2.45, 2.75) is 0 Å². The van der Waals surface area contributed by atoms with Crippen LogP contribution in [0.4, 0.5) is 11.4 Å². The van der Waals surface area contributed by atoms with Crippen molar-refractivity contribution in [2.24, 2.45) is 0 Å². The molecule has 0 aromatic heterocycles. The van der Waals surface area contributed by atoms with Crippen LogP contribution in [0.15, 0.2) is 66.7 Å². The zero-order valence-corrected chi connectivity index (χ0v) is 17.1.